The number of carbonyl (C=O) groups excluding carboxylic acids is 1. The Kier molecular flexibility index (Phi) is 4.13. The fourth-order valence-electron chi connectivity index (χ4n) is 9.32. The molecule has 0 aliphatic heterocycles. The van der Waals surface area contributed by atoms with E-state index in [0.29, 0.717) is 47.2 Å². The summed E-state index contributed by atoms with van der Waals surface area (Å²) >= 11 is 0. The molecule has 2 N–H and O–H groups in total. The largest absolute Gasteiger partial charge is 0.481 e. The van der Waals surface area contributed by atoms with Gasteiger partial charge in [0.15, 0.2) is 0 Å². The molecule has 0 heterocycles. The van der Waals surface area contributed by atoms with E-state index >= 15 is 0 Å². The van der Waals surface area contributed by atoms with Gasteiger partial charge in [-0.2, -0.15) is 0 Å². The summed E-state index contributed by atoms with van der Waals surface area (Å²) < 4.78 is 0. The van der Waals surface area contributed by atoms with E-state index in [0.717, 1.165) is 38.5 Å². The van der Waals surface area contributed by atoms with E-state index in [9.17, 15) is 14.7 Å². The van der Waals surface area contributed by atoms with E-state index in [1.165, 1.54) is 19.3 Å². The molecule has 28 heavy (non-hydrogen) atoms. The van der Waals surface area contributed by atoms with Gasteiger partial charge in [0.2, 0.25) is 0 Å². The van der Waals surface area contributed by atoms with Gasteiger partial charge >= 0.3 is 5.97 Å². The predicted molar refractivity (Wildman–Crippen MR) is 106 cm³/mol. The monoisotopic (exact) mass is 388 g/mol. The van der Waals surface area contributed by atoms with E-state index < -0.39 is 11.6 Å². The molecule has 4 nitrogen and oxygen atoms in total. The number of carboxylic acid groups (broad SMARTS) is 1. The Bertz CT molecular complexity index is 703. The Hall–Kier alpha value is -0.900. The second-order valence-corrected chi connectivity index (χ2v) is 11.5. The van der Waals surface area contributed by atoms with Crippen molar-refractivity contribution in [3.63, 3.8) is 0 Å². The third kappa shape index (κ3) is 2.27. The van der Waals surface area contributed by atoms with Gasteiger partial charge in [0.1, 0.15) is 5.78 Å². The predicted octanol–water partition coefficient (Wildman–Crippen LogP) is 4.44. The molecule has 156 valence electrons. The molecule has 5 fully saturated rings. The summed E-state index contributed by atoms with van der Waals surface area (Å²) in [6.07, 6.45) is 10.2. The van der Waals surface area contributed by atoms with Crippen LogP contribution in [-0.2, 0) is 9.59 Å². The molecule has 5 saturated carbocycles. The van der Waals surface area contributed by atoms with Crippen molar-refractivity contribution in [1.82, 2.24) is 0 Å². The van der Waals surface area contributed by atoms with Crippen LogP contribution in [0.2, 0.25) is 0 Å². The zero-order chi connectivity index (χ0) is 19.9. The highest BCUT2D eigenvalue weighted by molar-refractivity contribution is 5.79. The first-order chi connectivity index (χ1) is 13.2. The van der Waals surface area contributed by atoms with Crippen LogP contribution in [0, 0.1) is 46.3 Å². The van der Waals surface area contributed by atoms with Gasteiger partial charge in [-0.05, 0) is 97.7 Å². The number of aliphatic hydroxyl groups is 1. The Morgan fingerprint density at radius 2 is 1.86 bits per heavy atom. The lowest BCUT2D eigenvalue weighted by molar-refractivity contribution is -0.222. The number of hydrogen-bond donors (Lipinski definition) is 2. The van der Waals surface area contributed by atoms with Crippen LogP contribution in [0.4, 0.5) is 0 Å². The van der Waals surface area contributed by atoms with E-state index in [2.05, 4.69) is 13.8 Å². The fourth-order valence-corrected chi connectivity index (χ4v) is 9.32. The molecule has 0 aromatic carbocycles. The van der Waals surface area contributed by atoms with Gasteiger partial charge < -0.3 is 10.2 Å². The van der Waals surface area contributed by atoms with Gasteiger partial charge in [-0.15, -0.1) is 0 Å². The van der Waals surface area contributed by atoms with Crippen molar-refractivity contribution >= 4 is 11.8 Å². The van der Waals surface area contributed by atoms with Crippen molar-refractivity contribution in [1.29, 1.82) is 0 Å². The lowest BCUT2D eigenvalue weighted by Gasteiger charge is -2.63. The minimum absolute atomic E-state index is 0.0477. The minimum Gasteiger partial charge on any atom is -0.481 e. The minimum atomic E-state index is -0.742. The number of aliphatic carboxylic acids is 1. The Morgan fingerprint density at radius 3 is 2.61 bits per heavy atom. The quantitative estimate of drug-likeness (QED) is 0.749. The Morgan fingerprint density at radius 1 is 1.07 bits per heavy atom. The molecule has 5 rings (SSSR count). The maximum Gasteiger partial charge on any atom is 0.303 e. The molecule has 0 saturated heterocycles. The molecular formula is C24H36O4. The number of carboxylic acids is 1. The summed E-state index contributed by atoms with van der Waals surface area (Å²) in [7, 11) is 0. The van der Waals surface area contributed by atoms with Gasteiger partial charge in [-0.1, -0.05) is 13.8 Å². The second-order valence-electron chi connectivity index (χ2n) is 11.5. The summed E-state index contributed by atoms with van der Waals surface area (Å²) in [6.45, 7) is 4.80. The van der Waals surface area contributed by atoms with Crippen molar-refractivity contribution in [3.05, 3.63) is 0 Å². The average molecular weight is 389 g/mol. The van der Waals surface area contributed by atoms with E-state index in [1.54, 1.807) is 0 Å². The van der Waals surface area contributed by atoms with Crippen LogP contribution in [0.15, 0.2) is 0 Å². The summed E-state index contributed by atoms with van der Waals surface area (Å²) in [5, 5.41) is 21.0. The molecule has 0 bridgehead atoms. The first kappa shape index (κ1) is 19.1. The molecule has 0 unspecified atom stereocenters. The zero-order valence-corrected chi connectivity index (χ0v) is 17.5. The van der Waals surface area contributed by atoms with Crippen molar-refractivity contribution in [2.75, 3.05) is 0 Å². The van der Waals surface area contributed by atoms with Crippen LogP contribution in [0.3, 0.4) is 0 Å². The maximum absolute atomic E-state index is 12.1. The molecule has 9 atom stereocenters. The number of rotatable bonds is 3. The van der Waals surface area contributed by atoms with Crippen LogP contribution in [0.25, 0.3) is 0 Å². The smallest absolute Gasteiger partial charge is 0.303 e. The number of fused-ring (bicyclic) bond motifs is 7. The van der Waals surface area contributed by atoms with E-state index in [1.807, 2.05) is 0 Å². The molecule has 4 heteroatoms. The highest BCUT2D eigenvalue weighted by Crippen LogP contribution is 2.74. The lowest BCUT2D eigenvalue weighted by atomic mass is 9.43. The summed E-state index contributed by atoms with van der Waals surface area (Å²) in [5.74, 6) is 2.80. The second kappa shape index (κ2) is 6.06. The lowest BCUT2D eigenvalue weighted by Crippen LogP contribution is -2.63. The number of Topliss-reactive ketones (excluding diaryl/α,β-unsaturated/α-hetero) is 1. The maximum atomic E-state index is 12.1. The summed E-state index contributed by atoms with van der Waals surface area (Å²) in [5.41, 5.74) is -0.378. The van der Waals surface area contributed by atoms with Crippen LogP contribution < -0.4 is 0 Å². The molecule has 0 spiro atoms. The molecule has 0 aromatic rings. The fraction of sp³-hybridized carbons (Fsp3) is 0.917. The van der Waals surface area contributed by atoms with Gasteiger partial charge in [-0.25, -0.2) is 0 Å². The zero-order valence-electron chi connectivity index (χ0n) is 17.5. The number of carbonyl (C=O) groups is 2. The molecular weight excluding hydrogens is 352 g/mol. The summed E-state index contributed by atoms with van der Waals surface area (Å²) in [6, 6.07) is 0. The average Bonchev–Trinajstić information content (AvgIpc) is 2.81. The van der Waals surface area contributed by atoms with Crippen molar-refractivity contribution < 1.29 is 19.8 Å². The topological polar surface area (TPSA) is 74.6 Å². The third-order valence-electron chi connectivity index (χ3n) is 10.8. The molecule has 0 radical (unpaired) electrons. The Balaban J connectivity index is 1.40. The van der Waals surface area contributed by atoms with Crippen LogP contribution in [0.1, 0.15) is 84.5 Å². The molecule has 0 amide bonds. The van der Waals surface area contributed by atoms with Gasteiger partial charge in [0.05, 0.1) is 5.60 Å². The van der Waals surface area contributed by atoms with Crippen molar-refractivity contribution in [2.24, 2.45) is 46.3 Å². The normalized spacial score (nSPS) is 54.8. The van der Waals surface area contributed by atoms with Crippen LogP contribution in [0.5, 0.6) is 0 Å². The first-order valence-electron chi connectivity index (χ1n) is 11.7. The SMILES string of the molecule is C[C@]12CCC(=O)C[C@H]1CC[C@@H]1[C@@H]2CC[C@@]2(C)[C@H]1C[C@H]1C[C@H](CCC(=O)O)[C@]12O. The molecule has 5 aliphatic rings. The highest BCUT2D eigenvalue weighted by Gasteiger charge is 2.73. The highest BCUT2D eigenvalue weighted by atomic mass is 16.4. The number of ketones is 1. The molecule has 0 aromatic heterocycles. The van der Waals surface area contributed by atoms with Crippen molar-refractivity contribution in [2.45, 2.75) is 90.1 Å². The van der Waals surface area contributed by atoms with Gasteiger partial charge in [-0.3, -0.25) is 9.59 Å². The van der Waals surface area contributed by atoms with E-state index in [-0.39, 0.29) is 17.8 Å². The first-order valence-corrected chi connectivity index (χ1v) is 11.7. The molecule has 5 aliphatic carbocycles. The number of hydrogen-bond acceptors (Lipinski definition) is 3. The van der Waals surface area contributed by atoms with Crippen molar-refractivity contribution in [3.8, 4) is 0 Å². The van der Waals surface area contributed by atoms with Gasteiger partial charge in [0, 0.05) is 19.3 Å². The van der Waals surface area contributed by atoms with Crippen LogP contribution >= 0.6 is 0 Å². The standard InChI is InChI=1S/C24H36O4/c1-22-9-7-17(25)12-14(22)3-5-18-19(22)8-10-23(2)20(18)13-16-11-15(24(16,23)28)4-6-21(26)27/h14-16,18-20,28H,3-13H2,1-2H3,(H,26,27)/t14-,15+,16-,18-,19+,20+,22+,23+,24+/m1/s1. The third-order valence-corrected chi connectivity index (χ3v) is 10.8. The van der Waals surface area contributed by atoms with Crippen LogP contribution in [-0.4, -0.2) is 27.6 Å². The van der Waals surface area contributed by atoms with Gasteiger partial charge in [0.25, 0.3) is 0 Å². The summed E-state index contributed by atoms with van der Waals surface area (Å²) in [4.78, 5) is 23.1. The Labute approximate surface area is 168 Å². The van der Waals surface area contributed by atoms with E-state index in [4.69, 9.17) is 5.11 Å².